The van der Waals surface area contributed by atoms with Gasteiger partial charge in [-0.05, 0) is 41.0 Å². The number of halogens is 2. The Balaban J connectivity index is 1.56. The summed E-state index contributed by atoms with van der Waals surface area (Å²) in [6, 6.07) is 18.2. The Bertz CT molecular complexity index is 1880. The highest BCUT2D eigenvalue weighted by Gasteiger charge is 2.37. The van der Waals surface area contributed by atoms with Gasteiger partial charge in [0, 0.05) is 0 Å². The van der Waals surface area contributed by atoms with Gasteiger partial charge in [0.15, 0.2) is 15.1 Å². The molecule has 0 fully saturated rings. The SMILES string of the molecule is NS(=O)(=O)NCc1nnc(C(c2nc3ccc(-c4ccc(F)c(Cl)c4)cc3s2)S(=O)(=O)Cc2ccccc2)o1. The van der Waals surface area contributed by atoms with E-state index in [0.29, 0.717) is 21.3 Å². The Kier molecular flexibility index (Phi) is 7.50. The molecule has 0 amide bonds. The van der Waals surface area contributed by atoms with Crippen molar-refractivity contribution in [2.24, 2.45) is 5.14 Å². The molecule has 15 heteroatoms. The van der Waals surface area contributed by atoms with Crippen molar-refractivity contribution in [1.82, 2.24) is 19.9 Å². The average Bonchev–Trinajstić information content (AvgIpc) is 3.51. The average molecular weight is 608 g/mol. The number of nitrogens with zero attached hydrogens (tertiary/aromatic N) is 3. The molecule has 10 nitrogen and oxygen atoms in total. The number of thiazole rings is 1. The predicted octanol–water partition coefficient (Wildman–Crippen LogP) is 4.14. The molecule has 3 aromatic carbocycles. The van der Waals surface area contributed by atoms with E-state index in [-0.39, 0.29) is 27.6 Å². The maximum absolute atomic E-state index is 13.7. The normalized spacial score (nSPS) is 13.1. The van der Waals surface area contributed by atoms with E-state index in [2.05, 4.69) is 15.2 Å². The van der Waals surface area contributed by atoms with Gasteiger partial charge in [0.1, 0.15) is 10.8 Å². The topological polar surface area (TPSA) is 158 Å². The second-order valence-corrected chi connectivity index (χ2v) is 13.4. The van der Waals surface area contributed by atoms with Crippen LogP contribution >= 0.6 is 22.9 Å². The van der Waals surface area contributed by atoms with E-state index in [1.807, 2.05) is 4.72 Å². The number of rotatable bonds is 9. The van der Waals surface area contributed by atoms with Gasteiger partial charge in [-0.25, -0.2) is 22.9 Å². The van der Waals surface area contributed by atoms with E-state index < -0.39 is 37.7 Å². The summed E-state index contributed by atoms with van der Waals surface area (Å²) in [5, 5.41) is 11.4. The molecule has 0 aliphatic carbocycles. The van der Waals surface area contributed by atoms with Crippen LogP contribution in [0.2, 0.25) is 5.02 Å². The van der Waals surface area contributed by atoms with Crippen molar-refractivity contribution in [1.29, 1.82) is 0 Å². The van der Waals surface area contributed by atoms with Crippen LogP contribution in [0.15, 0.2) is 71.1 Å². The molecule has 1 atom stereocenters. The van der Waals surface area contributed by atoms with E-state index in [1.54, 1.807) is 54.6 Å². The molecule has 0 aliphatic rings. The van der Waals surface area contributed by atoms with E-state index in [1.165, 1.54) is 12.1 Å². The minimum absolute atomic E-state index is 0.0196. The van der Waals surface area contributed by atoms with Gasteiger partial charge in [-0.15, -0.1) is 21.5 Å². The van der Waals surface area contributed by atoms with Crippen molar-refractivity contribution < 1.29 is 25.6 Å². The van der Waals surface area contributed by atoms with E-state index >= 15 is 0 Å². The molecule has 0 saturated carbocycles. The quantitative estimate of drug-likeness (QED) is 0.253. The minimum atomic E-state index is -4.04. The fraction of sp³-hybridized carbons (Fsp3) is 0.125. The first-order valence-corrected chi connectivity index (χ1v) is 15.7. The molecule has 3 N–H and O–H groups in total. The molecule has 2 heterocycles. The van der Waals surface area contributed by atoms with Crippen LogP contribution in [0.25, 0.3) is 21.3 Å². The number of fused-ring (bicyclic) bond motifs is 1. The molecule has 202 valence electrons. The summed E-state index contributed by atoms with van der Waals surface area (Å²) in [7, 11) is -8.04. The molecule has 39 heavy (non-hydrogen) atoms. The summed E-state index contributed by atoms with van der Waals surface area (Å²) >= 11 is 7.07. The van der Waals surface area contributed by atoms with Gasteiger partial charge < -0.3 is 4.42 Å². The summed E-state index contributed by atoms with van der Waals surface area (Å²) in [6.07, 6.45) is 0. The second kappa shape index (κ2) is 10.7. The number of nitrogens with two attached hydrogens (primary N) is 1. The van der Waals surface area contributed by atoms with Crippen molar-refractivity contribution in [3.05, 3.63) is 99.9 Å². The van der Waals surface area contributed by atoms with Gasteiger partial charge in [0.05, 0.1) is 27.5 Å². The molecular formula is C24H19ClFN5O5S3. The number of sulfone groups is 1. The monoisotopic (exact) mass is 607 g/mol. The first-order chi connectivity index (χ1) is 18.5. The first-order valence-electron chi connectivity index (χ1n) is 11.2. The van der Waals surface area contributed by atoms with Crippen molar-refractivity contribution >= 4 is 53.2 Å². The summed E-state index contributed by atoms with van der Waals surface area (Å²) in [5.74, 6) is -1.30. The predicted molar refractivity (Wildman–Crippen MR) is 145 cm³/mol. The Morgan fingerprint density at radius 1 is 1.00 bits per heavy atom. The van der Waals surface area contributed by atoms with Gasteiger partial charge in [-0.3, -0.25) is 0 Å². The highest BCUT2D eigenvalue weighted by Crippen LogP contribution is 2.38. The minimum Gasteiger partial charge on any atom is -0.422 e. The van der Waals surface area contributed by atoms with Crippen LogP contribution in [-0.2, 0) is 32.3 Å². The zero-order valence-electron chi connectivity index (χ0n) is 19.8. The lowest BCUT2D eigenvalue weighted by Crippen LogP contribution is -2.30. The molecule has 5 rings (SSSR count). The van der Waals surface area contributed by atoms with Gasteiger partial charge in [-0.1, -0.05) is 54.1 Å². The molecule has 2 aromatic heterocycles. The van der Waals surface area contributed by atoms with Crippen LogP contribution in [0, 0.1) is 5.82 Å². The molecule has 0 saturated heterocycles. The van der Waals surface area contributed by atoms with Crippen LogP contribution in [0.5, 0.6) is 0 Å². The van der Waals surface area contributed by atoms with Gasteiger partial charge in [0.2, 0.25) is 11.8 Å². The number of hydrogen-bond donors (Lipinski definition) is 2. The van der Waals surface area contributed by atoms with Crippen LogP contribution in [0.3, 0.4) is 0 Å². The third kappa shape index (κ3) is 6.32. The molecule has 0 aliphatic heterocycles. The van der Waals surface area contributed by atoms with Gasteiger partial charge in [0.25, 0.3) is 10.2 Å². The molecule has 0 radical (unpaired) electrons. The molecule has 0 spiro atoms. The molecular weight excluding hydrogens is 589 g/mol. The van der Waals surface area contributed by atoms with Gasteiger partial charge in [-0.2, -0.15) is 13.1 Å². The highest BCUT2D eigenvalue weighted by atomic mass is 35.5. The number of hydrogen-bond acceptors (Lipinski definition) is 9. The molecule has 1 unspecified atom stereocenters. The lowest BCUT2D eigenvalue weighted by Gasteiger charge is -2.12. The standard InChI is InChI=1S/C24H19ClFN5O5S3/c25-17-10-15(6-8-18(17)26)16-7-9-19-20(11-16)37-24(29-19)22(38(32,33)13-14-4-2-1-3-5-14)23-31-30-21(36-23)12-28-39(27,34)35/h1-11,22,28H,12-13H2,(H2,27,34,35). The Labute approximate surface area is 231 Å². The zero-order chi connectivity index (χ0) is 27.8. The third-order valence-corrected chi connectivity index (χ3v) is 9.53. The van der Waals surface area contributed by atoms with Gasteiger partial charge >= 0.3 is 0 Å². The lowest BCUT2D eigenvalue weighted by molar-refractivity contribution is 0.443. The molecule has 5 aromatic rings. The Morgan fingerprint density at radius 3 is 2.44 bits per heavy atom. The van der Waals surface area contributed by atoms with Crippen molar-refractivity contribution in [2.45, 2.75) is 17.5 Å². The van der Waals surface area contributed by atoms with Crippen LogP contribution in [-0.4, -0.2) is 32.0 Å². The van der Waals surface area contributed by atoms with E-state index in [0.717, 1.165) is 16.9 Å². The number of nitrogens with one attached hydrogen (secondary N) is 1. The van der Waals surface area contributed by atoms with E-state index in [4.69, 9.17) is 21.2 Å². The highest BCUT2D eigenvalue weighted by molar-refractivity contribution is 7.91. The first kappa shape index (κ1) is 27.3. The fourth-order valence-corrected chi connectivity index (χ4v) is 7.48. The fourth-order valence-electron chi connectivity index (χ4n) is 3.82. The van der Waals surface area contributed by atoms with E-state index in [9.17, 15) is 21.2 Å². The Morgan fingerprint density at radius 2 is 1.72 bits per heavy atom. The number of aromatic nitrogens is 3. The van der Waals surface area contributed by atoms with Crippen molar-refractivity contribution in [3.8, 4) is 11.1 Å². The summed E-state index contributed by atoms with van der Waals surface area (Å²) < 4.78 is 71.8. The smallest absolute Gasteiger partial charge is 0.274 e. The number of benzene rings is 3. The summed E-state index contributed by atoms with van der Waals surface area (Å²) in [5.41, 5.74) is 2.49. The second-order valence-electron chi connectivity index (χ2n) is 8.44. The molecule has 0 bridgehead atoms. The van der Waals surface area contributed by atoms with Crippen LogP contribution in [0.1, 0.15) is 27.6 Å². The maximum Gasteiger partial charge on any atom is 0.274 e. The van der Waals surface area contributed by atoms with Crippen LogP contribution < -0.4 is 9.86 Å². The maximum atomic E-state index is 13.7. The summed E-state index contributed by atoms with van der Waals surface area (Å²) in [6.45, 7) is -0.416. The largest absolute Gasteiger partial charge is 0.422 e. The van der Waals surface area contributed by atoms with Crippen molar-refractivity contribution in [3.63, 3.8) is 0 Å². The summed E-state index contributed by atoms with van der Waals surface area (Å²) in [4.78, 5) is 4.55. The van der Waals surface area contributed by atoms with Crippen molar-refractivity contribution in [2.75, 3.05) is 0 Å². The Hall–Kier alpha value is -3.27. The van der Waals surface area contributed by atoms with Crippen LogP contribution in [0.4, 0.5) is 4.39 Å². The zero-order valence-corrected chi connectivity index (χ0v) is 23.0. The third-order valence-electron chi connectivity index (χ3n) is 5.58. The lowest BCUT2D eigenvalue weighted by atomic mass is 10.1.